The van der Waals surface area contributed by atoms with Crippen molar-refractivity contribution in [3.63, 3.8) is 0 Å². The minimum atomic E-state index is -1.53. The molecule has 30 heavy (non-hydrogen) atoms. The molecule has 0 radical (unpaired) electrons. The summed E-state index contributed by atoms with van der Waals surface area (Å²) in [6.45, 7) is 0. The van der Waals surface area contributed by atoms with Crippen LogP contribution in [0, 0.1) is 0 Å². The van der Waals surface area contributed by atoms with Crippen LogP contribution in [0.5, 0.6) is 17.2 Å². The Balaban J connectivity index is 1.59. The fourth-order valence-corrected chi connectivity index (χ4v) is 6.12. The van der Waals surface area contributed by atoms with E-state index in [-0.39, 0.29) is 38.2 Å². The summed E-state index contributed by atoms with van der Waals surface area (Å²) < 4.78 is 24.1. The Morgan fingerprint density at radius 1 is 0.867 bits per heavy atom. The Morgan fingerprint density at radius 2 is 1.47 bits per heavy atom. The molecule has 0 aromatic heterocycles. The fourth-order valence-electron chi connectivity index (χ4n) is 5.72. The van der Waals surface area contributed by atoms with Crippen LogP contribution in [-0.4, -0.2) is 46.2 Å². The molecule has 4 aliphatic heterocycles. The number of fused-ring (bicyclic) bond motifs is 2. The highest BCUT2D eigenvalue weighted by Crippen LogP contribution is 2.72. The van der Waals surface area contributed by atoms with Gasteiger partial charge in [-0.15, -0.1) is 0 Å². The number of hydrogen-bond acceptors (Lipinski definition) is 8. The molecular formula is C20H8Cl2O8. The van der Waals surface area contributed by atoms with E-state index >= 15 is 0 Å². The fraction of sp³-hybridized carbons (Fsp3) is 0.300. The van der Waals surface area contributed by atoms with Gasteiger partial charge in [0.15, 0.2) is 35.5 Å². The molecule has 0 amide bonds. The third kappa shape index (κ3) is 1.37. The number of phenols is 2. The lowest BCUT2D eigenvalue weighted by atomic mass is 9.72. The number of phenolic OH excluding ortho intramolecular Hbond substituents is 2. The van der Waals surface area contributed by atoms with Gasteiger partial charge in [0.1, 0.15) is 23.4 Å². The number of aromatic hydroxyl groups is 2. The van der Waals surface area contributed by atoms with E-state index in [1.165, 1.54) is 12.1 Å². The summed E-state index contributed by atoms with van der Waals surface area (Å²) >= 11 is 12.5. The Bertz CT molecular complexity index is 1340. The van der Waals surface area contributed by atoms with Gasteiger partial charge in [-0.05, 0) is 6.07 Å². The highest BCUT2D eigenvalue weighted by atomic mass is 35.5. The van der Waals surface area contributed by atoms with Gasteiger partial charge in [0.25, 0.3) is 5.79 Å². The number of hydrogen-bond donors (Lipinski definition) is 2. The number of carbonyl (C=O) groups is 2. The van der Waals surface area contributed by atoms with Gasteiger partial charge in [0.2, 0.25) is 0 Å². The topological polar surface area (TPSA) is 118 Å². The van der Waals surface area contributed by atoms with Crippen LogP contribution < -0.4 is 4.74 Å². The summed E-state index contributed by atoms with van der Waals surface area (Å²) in [6, 6.07) is 2.90. The van der Waals surface area contributed by atoms with Crippen LogP contribution in [0.15, 0.2) is 12.1 Å². The minimum absolute atomic E-state index is 0.0214. The second kappa shape index (κ2) is 4.32. The zero-order valence-corrected chi connectivity index (χ0v) is 16.1. The van der Waals surface area contributed by atoms with Gasteiger partial charge in [-0.3, -0.25) is 9.59 Å². The van der Waals surface area contributed by atoms with Crippen molar-refractivity contribution in [1.82, 2.24) is 0 Å². The molecule has 2 saturated heterocycles. The molecule has 4 heterocycles. The van der Waals surface area contributed by atoms with Gasteiger partial charge in [0, 0.05) is 22.8 Å². The van der Waals surface area contributed by atoms with Crippen LogP contribution in [0.1, 0.15) is 37.4 Å². The number of ketones is 2. The van der Waals surface area contributed by atoms with E-state index in [2.05, 4.69) is 0 Å². The maximum absolute atomic E-state index is 12.9. The van der Waals surface area contributed by atoms with E-state index in [1.54, 1.807) is 0 Å². The number of Topliss-reactive ketones (excluding diaryl/α,β-unsaturated/α-hetero) is 2. The van der Waals surface area contributed by atoms with Crippen LogP contribution in [0.4, 0.5) is 0 Å². The molecule has 2 N–H and O–H groups in total. The summed E-state index contributed by atoms with van der Waals surface area (Å²) in [5.74, 6) is -2.92. The molecule has 8 rings (SSSR count). The molecule has 6 atom stereocenters. The highest BCUT2D eigenvalue weighted by molar-refractivity contribution is 6.34. The second-order valence-corrected chi connectivity index (χ2v) is 9.06. The first-order valence-corrected chi connectivity index (χ1v) is 9.97. The molecule has 2 spiro atoms. The van der Waals surface area contributed by atoms with Crippen LogP contribution in [-0.2, 0) is 25.6 Å². The lowest BCUT2D eigenvalue weighted by molar-refractivity contribution is -0.262. The molecular weight excluding hydrogens is 439 g/mol. The van der Waals surface area contributed by atoms with Crippen LogP contribution in [0.25, 0.3) is 0 Å². The highest BCUT2D eigenvalue weighted by Gasteiger charge is 2.81. The van der Waals surface area contributed by atoms with E-state index in [1.807, 2.05) is 0 Å². The molecule has 0 saturated carbocycles. The SMILES string of the molecule is O=C1c2c(O)c(Cl)cc3c2[C@@]2(Oc4cc(Cl)c(O)c5c4[C@]3(O2)[C@@H]2O[C@@H]2C5=O)[C@@H]2O[C@H]12. The van der Waals surface area contributed by atoms with E-state index in [9.17, 15) is 19.8 Å². The van der Waals surface area contributed by atoms with E-state index in [0.717, 1.165) is 0 Å². The molecule has 2 aromatic carbocycles. The van der Waals surface area contributed by atoms with E-state index < -0.39 is 53.1 Å². The molecule has 2 aromatic rings. The van der Waals surface area contributed by atoms with Gasteiger partial charge >= 0.3 is 0 Å². The first-order chi connectivity index (χ1) is 14.3. The molecule has 8 nitrogen and oxygen atoms in total. The Labute approximate surface area is 176 Å². The Morgan fingerprint density at radius 3 is 2.20 bits per heavy atom. The van der Waals surface area contributed by atoms with E-state index in [4.69, 9.17) is 42.1 Å². The summed E-state index contributed by atoms with van der Waals surface area (Å²) in [4.78, 5) is 25.9. The van der Waals surface area contributed by atoms with Crippen molar-refractivity contribution < 1.29 is 38.7 Å². The number of rotatable bonds is 0. The van der Waals surface area contributed by atoms with Crippen molar-refractivity contribution in [3.8, 4) is 17.2 Å². The van der Waals surface area contributed by atoms with Gasteiger partial charge in [-0.2, -0.15) is 0 Å². The van der Waals surface area contributed by atoms with Crippen molar-refractivity contribution in [2.75, 3.05) is 0 Å². The van der Waals surface area contributed by atoms with Crippen molar-refractivity contribution in [3.05, 3.63) is 50.0 Å². The monoisotopic (exact) mass is 446 g/mol. The number of epoxide rings is 2. The van der Waals surface area contributed by atoms with Crippen LogP contribution in [0.3, 0.4) is 0 Å². The quantitative estimate of drug-likeness (QED) is 0.590. The molecule has 10 heteroatoms. The first-order valence-electron chi connectivity index (χ1n) is 9.22. The third-order valence-electron chi connectivity index (χ3n) is 6.93. The van der Waals surface area contributed by atoms with Crippen molar-refractivity contribution in [1.29, 1.82) is 0 Å². The predicted molar refractivity (Wildman–Crippen MR) is 96.4 cm³/mol. The lowest BCUT2D eigenvalue weighted by Crippen LogP contribution is -2.53. The van der Waals surface area contributed by atoms with Crippen LogP contribution in [0.2, 0.25) is 10.0 Å². The van der Waals surface area contributed by atoms with Gasteiger partial charge in [-0.25, -0.2) is 0 Å². The lowest BCUT2D eigenvalue weighted by Gasteiger charge is -2.43. The summed E-state index contributed by atoms with van der Waals surface area (Å²) in [5.41, 5.74) is -0.388. The average Bonchev–Trinajstić information content (AvgIpc) is 3.60. The maximum atomic E-state index is 12.9. The molecule has 150 valence electrons. The summed E-state index contributed by atoms with van der Waals surface area (Å²) in [6.07, 6.45) is -3.14. The number of ether oxygens (including phenoxy) is 4. The molecule has 2 bridgehead atoms. The maximum Gasteiger partial charge on any atom is 0.269 e. The normalized spacial score (nSPS) is 39.5. The van der Waals surface area contributed by atoms with Gasteiger partial charge < -0.3 is 29.2 Å². The summed E-state index contributed by atoms with van der Waals surface area (Å²) in [7, 11) is 0. The van der Waals surface area contributed by atoms with Gasteiger partial charge in [-0.1, -0.05) is 23.2 Å². The number of carbonyl (C=O) groups excluding carboxylic acids is 2. The average molecular weight is 447 g/mol. The molecule has 2 aliphatic carbocycles. The minimum Gasteiger partial charge on any atom is -0.506 e. The number of benzene rings is 2. The van der Waals surface area contributed by atoms with Crippen molar-refractivity contribution >= 4 is 34.8 Å². The zero-order valence-electron chi connectivity index (χ0n) is 14.6. The first kappa shape index (κ1) is 16.3. The molecule has 0 unspecified atom stereocenters. The smallest absolute Gasteiger partial charge is 0.269 e. The predicted octanol–water partition coefficient (Wildman–Crippen LogP) is 2.15. The second-order valence-electron chi connectivity index (χ2n) is 8.25. The van der Waals surface area contributed by atoms with Gasteiger partial charge in [0.05, 0.1) is 21.2 Å². The molecule has 6 aliphatic rings. The van der Waals surface area contributed by atoms with Crippen molar-refractivity contribution in [2.45, 2.75) is 35.8 Å². The largest absolute Gasteiger partial charge is 0.506 e. The van der Waals surface area contributed by atoms with Crippen LogP contribution >= 0.6 is 23.2 Å². The van der Waals surface area contributed by atoms with Crippen molar-refractivity contribution in [2.24, 2.45) is 0 Å². The van der Waals surface area contributed by atoms with E-state index in [0.29, 0.717) is 11.1 Å². The number of halogens is 2. The summed E-state index contributed by atoms with van der Waals surface area (Å²) in [5, 5.41) is 21.1. The molecule has 2 fully saturated rings. The third-order valence-corrected chi connectivity index (χ3v) is 7.51. The Hall–Kier alpha value is -2.36. The zero-order chi connectivity index (χ0) is 20.5. The Kier molecular flexibility index (Phi) is 2.36. The standard InChI is InChI=1S/C20H8Cl2O8/c21-4-1-3-9-7(11(4)23)13(25)16-18(28-16)20(9)29-6-2-5(22)12(24)8-10(6)19(3,30-20)17-15(27-17)14(8)26/h1-2,15-18,23-24H/t15-,16-,17-,18-,19+,20+/m1/s1.